The number of carbonyl (C=O) groups is 1. The summed E-state index contributed by atoms with van der Waals surface area (Å²) in [6.07, 6.45) is 0.549. The van der Waals surface area contributed by atoms with E-state index >= 15 is 0 Å². The third-order valence-electron chi connectivity index (χ3n) is 3.33. The molecule has 2 aromatic rings. The smallest absolute Gasteiger partial charge is 0.221 e. The Morgan fingerprint density at radius 2 is 2.26 bits per heavy atom. The molecule has 6 nitrogen and oxygen atoms in total. The molecule has 6 heteroatoms. The third-order valence-corrected chi connectivity index (χ3v) is 3.33. The summed E-state index contributed by atoms with van der Waals surface area (Å²) in [5, 5.41) is 2.87. The number of amides is 1. The van der Waals surface area contributed by atoms with Crippen molar-refractivity contribution in [3.63, 3.8) is 0 Å². The molecule has 0 spiro atoms. The number of nitrogens with one attached hydrogen (secondary N) is 2. The Balaban J connectivity index is 1.75. The fourth-order valence-corrected chi connectivity index (χ4v) is 2.34. The lowest BCUT2D eigenvalue weighted by Gasteiger charge is -2.16. The molecule has 1 aromatic carbocycles. The number of aromatic nitrogens is 2. The first kappa shape index (κ1) is 12.0. The molecular weight excluding hydrogens is 242 g/mol. The van der Waals surface area contributed by atoms with E-state index < -0.39 is 0 Å². The first-order valence-electron chi connectivity index (χ1n) is 6.44. The van der Waals surface area contributed by atoms with Crippen LogP contribution in [-0.2, 0) is 11.3 Å². The molecule has 4 N–H and O–H groups in total. The van der Waals surface area contributed by atoms with Crippen molar-refractivity contribution in [3.8, 4) is 0 Å². The minimum Gasteiger partial charge on any atom is -0.399 e. The van der Waals surface area contributed by atoms with E-state index in [-0.39, 0.29) is 5.91 Å². The summed E-state index contributed by atoms with van der Waals surface area (Å²) in [6, 6.07) is 5.65. The molecule has 1 fully saturated rings. The van der Waals surface area contributed by atoms with Crippen LogP contribution >= 0.6 is 0 Å². The molecule has 19 heavy (non-hydrogen) atoms. The van der Waals surface area contributed by atoms with Gasteiger partial charge in [-0.2, -0.15) is 0 Å². The third kappa shape index (κ3) is 2.68. The van der Waals surface area contributed by atoms with Crippen LogP contribution in [0.2, 0.25) is 0 Å². The van der Waals surface area contributed by atoms with Gasteiger partial charge in [0.25, 0.3) is 0 Å². The van der Waals surface area contributed by atoms with Crippen molar-refractivity contribution in [1.29, 1.82) is 0 Å². The van der Waals surface area contributed by atoms with Crippen LogP contribution in [0.4, 0.5) is 5.69 Å². The maximum atomic E-state index is 11.3. The van der Waals surface area contributed by atoms with Gasteiger partial charge in [0, 0.05) is 31.7 Å². The van der Waals surface area contributed by atoms with Crippen LogP contribution in [0.5, 0.6) is 0 Å². The van der Waals surface area contributed by atoms with Crippen molar-refractivity contribution >= 4 is 22.6 Å². The van der Waals surface area contributed by atoms with Crippen LogP contribution in [0.1, 0.15) is 12.2 Å². The zero-order valence-electron chi connectivity index (χ0n) is 10.6. The molecule has 1 aromatic heterocycles. The second-order valence-electron chi connectivity index (χ2n) is 4.84. The van der Waals surface area contributed by atoms with Gasteiger partial charge in [-0.25, -0.2) is 4.98 Å². The Morgan fingerprint density at radius 3 is 3.16 bits per heavy atom. The van der Waals surface area contributed by atoms with Crippen LogP contribution in [0.3, 0.4) is 0 Å². The van der Waals surface area contributed by atoms with Crippen molar-refractivity contribution in [2.75, 3.05) is 25.4 Å². The lowest BCUT2D eigenvalue weighted by Crippen LogP contribution is -2.28. The van der Waals surface area contributed by atoms with Crippen LogP contribution in [0, 0.1) is 0 Å². The summed E-state index contributed by atoms with van der Waals surface area (Å²) in [6.45, 7) is 3.05. The van der Waals surface area contributed by atoms with Gasteiger partial charge in [0.15, 0.2) is 0 Å². The summed E-state index contributed by atoms with van der Waals surface area (Å²) in [5.41, 5.74) is 8.36. The topological polar surface area (TPSA) is 87.0 Å². The van der Waals surface area contributed by atoms with Gasteiger partial charge in [-0.15, -0.1) is 0 Å². The number of anilines is 1. The fraction of sp³-hybridized carbons (Fsp3) is 0.385. The molecule has 1 aliphatic rings. The number of H-pyrrole nitrogens is 1. The van der Waals surface area contributed by atoms with E-state index in [1.165, 1.54) is 0 Å². The van der Waals surface area contributed by atoms with Gasteiger partial charge < -0.3 is 16.0 Å². The van der Waals surface area contributed by atoms with Crippen LogP contribution in [-0.4, -0.2) is 40.4 Å². The van der Waals surface area contributed by atoms with E-state index in [0.717, 1.165) is 42.2 Å². The number of aromatic amines is 1. The number of benzene rings is 1. The van der Waals surface area contributed by atoms with E-state index in [1.807, 2.05) is 18.2 Å². The molecule has 0 bridgehead atoms. The summed E-state index contributed by atoms with van der Waals surface area (Å²) in [4.78, 5) is 21.3. The van der Waals surface area contributed by atoms with Crippen LogP contribution < -0.4 is 11.1 Å². The summed E-state index contributed by atoms with van der Waals surface area (Å²) in [5.74, 6) is 1.04. The van der Waals surface area contributed by atoms with Crippen molar-refractivity contribution in [3.05, 3.63) is 24.0 Å². The fourth-order valence-electron chi connectivity index (χ4n) is 2.34. The first-order valence-corrected chi connectivity index (χ1v) is 6.44. The van der Waals surface area contributed by atoms with Gasteiger partial charge >= 0.3 is 0 Å². The maximum absolute atomic E-state index is 11.3. The van der Waals surface area contributed by atoms with E-state index in [2.05, 4.69) is 20.2 Å². The quantitative estimate of drug-likeness (QED) is 0.684. The predicted octanol–water partition coefficient (Wildman–Crippen LogP) is 0.467. The van der Waals surface area contributed by atoms with E-state index in [0.29, 0.717) is 13.0 Å². The largest absolute Gasteiger partial charge is 0.399 e. The molecule has 3 rings (SSSR count). The molecule has 100 valence electrons. The van der Waals surface area contributed by atoms with Gasteiger partial charge in [0.1, 0.15) is 5.82 Å². The number of rotatable bonds is 2. The molecule has 0 atom stereocenters. The van der Waals surface area contributed by atoms with Gasteiger partial charge in [0.2, 0.25) is 5.91 Å². The van der Waals surface area contributed by atoms with Crippen molar-refractivity contribution in [2.45, 2.75) is 13.0 Å². The Morgan fingerprint density at radius 1 is 1.37 bits per heavy atom. The Hall–Kier alpha value is -2.08. The molecule has 0 aliphatic carbocycles. The monoisotopic (exact) mass is 259 g/mol. The summed E-state index contributed by atoms with van der Waals surface area (Å²) in [7, 11) is 0. The lowest BCUT2D eigenvalue weighted by molar-refractivity contribution is -0.120. The number of nitrogens with zero attached hydrogens (tertiary/aromatic N) is 2. The maximum Gasteiger partial charge on any atom is 0.221 e. The number of hydrogen-bond acceptors (Lipinski definition) is 4. The lowest BCUT2D eigenvalue weighted by atomic mass is 10.3. The standard InChI is InChI=1S/C13H17N5O/c14-9-1-2-10-11(7-9)17-12(16-10)8-18-5-3-13(19)15-4-6-18/h1-2,7H,3-6,8,14H2,(H,15,19)(H,16,17). The normalized spacial score (nSPS) is 17.4. The van der Waals surface area contributed by atoms with E-state index in [1.54, 1.807) is 0 Å². The average Bonchev–Trinajstić information content (AvgIpc) is 2.65. The first-order chi connectivity index (χ1) is 9.20. The van der Waals surface area contributed by atoms with Crippen molar-refractivity contribution < 1.29 is 4.79 Å². The number of imidazole rings is 1. The number of fused-ring (bicyclic) bond motifs is 1. The molecule has 1 amide bonds. The summed E-state index contributed by atoms with van der Waals surface area (Å²) >= 11 is 0. The van der Waals surface area contributed by atoms with E-state index in [9.17, 15) is 4.79 Å². The van der Waals surface area contributed by atoms with Gasteiger partial charge in [-0.3, -0.25) is 9.69 Å². The highest BCUT2D eigenvalue weighted by atomic mass is 16.1. The molecule has 2 heterocycles. The zero-order chi connectivity index (χ0) is 13.2. The van der Waals surface area contributed by atoms with Gasteiger partial charge in [-0.1, -0.05) is 0 Å². The van der Waals surface area contributed by atoms with Crippen LogP contribution in [0.15, 0.2) is 18.2 Å². The molecule has 1 aliphatic heterocycles. The zero-order valence-corrected chi connectivity index (χ0v) is 10.6. The number of nitrogen functional groups attached to an aromatic ring is 1. The molecular formula is C13H17N5O. The number of carbonyl (C=O) groups excluding carboxylic acids is 1. The predicted molar refractivity (Wildman–Crippen MR) is 73.4 cm³/mol. The van der Waals surface area contributed by atoms with Crippen molar-refractivity contribution in [2.24, 2.45) is 0 Å². The van der Waals surface area contributed by atoms with Gasteiger partial charge in [-0.05, 0) is 18.2 Å². The Labute approximate surface area is 111 Å². The van der Waals surface area contributed by atoms with Crippen LogP contribution in [0.25, 0.3) is 11.0 Å². The van der Waals surface area contributed by atoms with Crippen molar-refractivity contribution in [1.82, 2.24) is 20.2 Å². The molecule has 0 unspecified atom stereocenters. The van der Waals surface area contributed by atoms with E-state index in [4.69, 9.17) is 5.73 Å². The highest BCUT2D eigenvalue weighted by molar-refractivity contribution is 5.78. The minimum absolute atomic E-state index is 0.125. The second-order valence-corrected chi connectivity index (χ2v) is 4.84. The Kier molecular flexibility index (Phi) is 3.08. The van der Waals surface area contributed by atoms with Gasteiger partial charge in [0.05, 0.1) is 17.6 Å². The average molecular weight is 259 g/mol. The highest BCUT2D eigenvalue weighted by Gasteiger charge is 2.15. The second kappa shape index (κ2) is 4.89. The molecule has 0 radical (unpaired) electrons. The minimum atomic E-state index is 0.125. The molecule has 1 saturated heterocycles. The SMILES string of the molecule is Nc1ccc2nc(CN3CCNC(=O)CC3)[nH]c2c1. The highest BCUT2D eigenvalue weighted by Crippen LogP contribution is 2.16. The molecule has 0 saturated carbocycles. The number of hydrogen-bond donors (Lipinski definition) is 3. The number of nitrogens with two attached hydrogens (primary N) is 1. The summed E-state index contributed by atoms with van der Waals surface area (Å²) < 4.78 is 0. The Bertz CT molecular complexity index is 606.